The predicted molar refractivity (Wildman–Crippen MR) is 107 cm³/mol. The maximum absolute atomic E-state index is 12.5. The maximum atomic E-state index is 12.5. The molecule has 0 fully saturated rings. The maximum Gasteiger partial charge on any atom is 0.547 e. The summed E-state index contributed by atoms with van der Waals surface area (Å²) in [6.45, 7) is 6.03. The van der Waals surface area contributed by atoms with E-state index in [-0.39, 0.29) is 40.1 Å². The molecular formula is C18H22BCl2NO7. The molecule has 1 aromatic rings. The van der Waals surface area contributed by atoms with Gasteiger partial charge in [0.1, 0.15) is 11.3 Å². The average Bonchev–Trinajstić information content (AvgIpc) is 2.63. The lowest BCUT2D eigenvalue weighted by Crippen LogP contribution is -2.53. The lowest BCUT2D eigenvalue weighted by atomic mass is 9.72. The van der Waals surface area contributed by atoms with Crippen LogP contribution in [0, 0.1) is 5.41 Å². The van der Waals surface area contributed by atoms with Crippen LogP contribution in [0.2, 0.25) is 10.0 Å². The summed E-state index contributed by atoms with van der Waals surface area (Å²) >= 11 is 12.3. The largest absolute Gasteiger partial charge is 0.547 e. The molecule has 0 aromatic heterocycles. The molecule has 1 heterocycles. The van der Waals surface area contributed by atoms with Gasteiger partial charge in [-0.1, -0.05) is 30.1 Å². The normalized spacial score (nSPS) is 15.8. The minimum atomic E-state index is -1.40. The number of fused-ring (bicyclic) bond motifs is 1. The molecule has 8 nitrogen and oxygen atoms in total. The van der Waals surface area contributed by atoms with Gasteiger partial charge in [-0.25, -0.2) is 4.79 Å². The zero-order valence-corrected chi connectivity index (χ0v) is 18.0. The van der Waals surface area contributed by atoms with Gasteiger partial charge in [-0.05, 0) is 38.8 Å². The number of nitrogens with one attached hydrogen (secondary N) is 1. The average molecular weight is 446 g/mol. The minimum Gasteiger partial charge on any atom is -0.534 e. The van der Waals surface area contributed by atoms with Crippen LogP contribution < -0.4 is 9.97 Å². The van der Waals surface area contributed by atoms with Gasteiger partial charge in [0, 0.05) is 6.42 Å². The summed E-state index contributed by atoms with van der Waals surface area (Å²) in [6.07, 6.45) is 0.404. The van der Waals surface area contributed by atoms with E-state index in [2.05, 4.69) is 5.32 Å². The van der Waals surface area contributed by atoms with E-state index in [4.69, 9.17) is 37.3 Å². The van der Waals surface area contributed by atoms with Gasteiger partial charge in [-0.2, -0.15) is 0 Å². The standard InChI is InChI=1S/C18H22BCl2NO7/c1-5-12(23)22-11-7-9-6-10(20)14(21)13(15(9)29-19(11)26)16(24)27-8-28-17(25)18(2,3)4/h6,11,26H,5,7-8H2,1-4H3,(H,22,23)/t11-/m0/s1. The Bertz CT molecular complexity index is 825. The van der Waals surface area contributed by atoms with Crippen molar-refractivity contribution >= 4 is 48.2 Å². The first-order chi connectivity index (χ1) is 13.5. The van der Waals surface area contributed by atoms with Crippen molar-refractivity contribution in [3.63, 3.8) is 0 Å². The van der Waals surface area contributed by atoms with Gasteiger partial charge in [-0.3, -0.25) is 9.59 Å². The monoisotopic (exact) mass is 445 g/mol. The van der Waals surface area contributed by atoms with Gasteiger partial charge >= 0.3 is 19.1 Å². The quantitative estimate of drug-likeness (QED) is 0.407. The molecule has 0 spiro atoms. The number of halogens is 2. The molecule has 158 valence electrons. The Morgan fingerprint density at radius 1 is 1.31 bits per heavy atom. The summed E-state index contributed by atoms with van der Waals surface area (Å²) in [5.74, 6) is -2.46. The van der Waals surface area contributed by atoms with Crippen molar-refractivity contribution in [1.82, 2.24) is 5.32 Å². The number of hydrogen-bond acceptors (Lipinski definition) is 7. The SMILES string of the molecule is CCC(=O)N[C@H]1Cc2cc(Cl)c(Cl)c(C(=O)OCOC(=O)C(C)(C)C)c2OB1O. The second-order valence-electron chi connectivity index (χ2n) is 7.51. The van der Waals surface area contributed by atoms with E-state index in [1.165, 1.54) is 6.07 Å². The summed E-state index contributed by atoms with van der Waals surface area (Å²) in [4.78, 5) is 36.0. The van der Waals surface area contributed by atoms with Gasteiger partial charge in [0.2, 0.25) is 12.7 Å². The van der Waals surface area contributed by atoms with Crippen molar-refractivity contribution in [2.75, 3.05) is 6.79 Å². The van der Waals surface area contributed by atoms with Gasteiger partial charge in [-0.15, -0.1) is 0 Å². The molecule has 1 aromatic carbocycles. The van der Waals surface area contributed by atoms with Crippen LogP contribution in [0.15, 0.2) is 6.07 Å². The minimum absolute atomic E-state index is 0.000968. The van der Waals surface area contributed by atoms with Crippen LogP contribution in [0.5, 0.6) is 5.75 Å². The number of esters is 2. The third kappa shape index (κ3) is 5.55. The van der Waals surface area contributed by atoms with Crippen LogP contribution in [-0.2, 0) is 25.5 Å². The molecular weight excluding hydrogens is 424 g/mol. The molecule has 1 atom stereocenters. The first kappa shape index (κ1) is 23.3. The molecule has 2 N–H and O–H groups in total. The molecule has 2 rings (SSSR count). The van der Waals surface area contributed by atoms with Crippen molar-refractivity contribution in [2.24, 2.45) is 5.41 Å². The first-order valence-corrected chi connectivity index (χ1v) is 9.70. The van der Waals surface area contributed by atoms with Crippen LogP contribution in [0.3, 0.4) is 0 Å². The molecule has 0 bridgehead atoms. The van der Waals surface area contributed by atoms with E-state index in [1.54, 1.807) is 27.7 Å². The Morgan fingerprint density at radius 2 is 1.97 bits per heavy atom. The highest BCUT2D eigenvalue weighted by atomic mass is 35.5. The van der Waals surface area contributed by atoms with Crippen LogP contribution in [0.4, 0.5) is 0 Å². The highest BCUT2D eigenvalue weighted by Gasteiger charge is 2.39. The molecule has 0 radical (unpaired) electrons. The Hall–Kier alpha value is -1.97. The molecule has 1 aliphatic rings. The third-order valence-corrected chi connectivity index (χ3v) is 4.92. The Balaban J connectivity index is 2.22. The number of benzene rings is 1. The highest BCUT2D eigenvalue weighted by Crippen LogP contribution is 2.39. The highest BCUT2D eigenvalue weighted by molar-refractivity contribution is 6.48. The van der Waals surface area contributed by atoms with Crippen LogP contribution in [-0.4, -0.2) is 42.7 Å². The zero-order chi connectivity index (χ0) is 21.9. The van der Waals surface area contributed by atoms with Crippen LogP contribution in [0.25, 0.3) is 0 Å². The number of carbonyl (C=O) groups excluding carboxylic acids is 3. The van der Waals surface area contributed by atoms with Crippen molar-refractivity contribution in [1.29, 1.82) is 0 Å². The Morgan fingerprint density at radius 3 is 2.55 bits per heavy atom. The molecule has 29 heavy (non-hydrogen) atoms. The lowest BCUT2D eigenvalue weighted by Gasteiger charge is -2.29. The van der Waals surface area contributed by atoms with Gasteiger partial charge in [0.25, 0.3) is 0 Å². The van der Waals surface area contributed by atoms with Crippen LogP contribution in [0.1, 0.15) is 50.0 Å². The second-order valence-corrected chi connectivity index (χ2v) is 8.29. The molecule has 0 unspecified atom stereocenters. The van der Waals surface area contributed by atoms with E-state index in [9.17, 15) is 19.4 Å². The molecule has 0 saturated carbocycles. The predicted octanol–water partition coefficient (Wildman–Crippen LogP) is 2.55. The molecule has 0 aliphatic carbocycles. The van der Waals surface area contributed by atoms with Gasteiger partial charge < -0.3 is 24.5 Å². The van der Waals surface area contributed by atoms with E-state index < -0.39 is 37.2 Å². The molecule has 11 heteroatoms. The fourth-order valence-corrected chi connectivity index (χ4v) is 2.97. The fraction of sp³-hybridized carbons (Fsp3) is 0.500. The number of rotatable bonds is 5. The summed E-state index contributed by atoms with van der Waals surface area (Å²) in [6, 6.07) is 1.49. The van der Waals surface area contributed by atoms with E-state index in [1.807, 2.05) is 0 Å². The zero-order valence-electron chi connectivity index (χ0n) is 16.5. The second kappa shape index (κ2) is 9.23. The Labute approximate surface area is 178 Å². The van der Waals surface area contributed by atoms with E-state index >= 15 is 0 Å². The molecule has 1 amide bonds. The summed E-state index contributed by atoms with van der Waals surface area (Å²) in [7, 11) is -1.40. The van der Waals surface area contributed by atoms with Gasteiger partial charge in [0.15, 0.2) is 0 Å². The summed E-state index contributed by atoms with van der Waals surface area (Å²) < 4.78 is 15.3. The number of amides is 1. The van der Waals surface area contributed by atoms with E-state index in [0.29, 0.717) is 5.56 Å². The fourth-order valence-electron chi connectivity index (χ4n) is 2.53. The Kier molecular flexibility index (Phi) is 7.42. The van der Waals surface area contributed by atoms with Crippen LogP contribution >= 0.6 is 23.2 Å². The summed E-state index contributed by atoms with van der Waals surface area (Å²) in [5.41, 5.74) is -0.491. The number of ether oxygens (including phenoxy) is 2. The van der Waals surface area contributed by atoms with Crippen molar-refractivity contribution in [2.45, 2.75) is 46.5 Å². The smallest absolute Gasteiger partial charge is 0.534 e. The van der Waals surface area contributed by atoms with E-state index in [0.717, 1.165) is 0 Å². The van der Waals surface area contributed by atoms with Crippen molar-refractivity contribution < 1.29 is 33.5 Å². The first-order valence-electron chi connectivity index (χ1n) is 8.95. The van der Waals surface area contributed by atoms with Crippen molar-refractivity contribution in [3.05, 3.63) is 27.2 Å². The van der Waals surface area contributed by atoms with Gasteiger partial charge in [0.05, 0.1) is 21.4 Å². The molecule has 0 saturated heterocycles. The molecule has 1 aliphatic heterocycles. The number of hydrogen-bond donors (Lipinski definition) is 2. The number of carbonyl (C=O) groups is 3. The van der Waals surface area contributed by atoms with Crippen molar-refractivity contribution in [3.8, 4) is 5.75 Å². The summed E-state index contributed by atoms with van der Waals surface area (Å²) in [5, 5.41) is 12.8. The topological polar surface area (TPSA) is 111 Å². The third-order valence-electron chi connectivity index (χ3n) is 4.14. The lowest BCUT2D eigenvalue weighted by molar-refractivity contribution is -0.161.